The fourth-order valence-corrected chi connectivity index (χ4v) is 3.46. The van der Waals surface area contributed by atoms with Gasteiger partial charge in [-0.05, 0) is 36.3 Å². The van der Waals surface area contributed by atoms with E-state index in [0.717, 1.165) is 12.1 Å². The van der Waals surface area contributed by atoms with Crippen molar-refractivity contribution >= 4 is 35.5 Å². The molecule has 0 saturated carbocycles. The summed E-state index contributed by atoms with van der Waals surface area (Å²) in [5, 5.41) is 10.4. The Bertz CT molecular complexity index is 852. The molecule has 5 heteroatoms. The third-order valence-electron chi connectivity index (χ3n) is 3.45. The highest BCUT2D eigenvalue weighted by Gasteiger charge is 2.10. The van der Waals surface area contributed by atoms with Crippen LogP contribution in [-0.2, 0) is 13.0 Å². The van der Waals surface area contributed by atoms with Crippen LogP contribution in [0.1, 0.15) is 10.4 Å². The highest BCUT2D eigenvalue weighted by Crippen LogP contribution is 2.25. The SMILES string of the molecule is Oc1c(C=Nc2ccccc2)sc(=S)n1CCc1ccccc1. The fraction of sp³-hybridized carbons (Fsp3) is 0.111. The quantitative estimate of drug-likeness (QED) is 0.525. The molecule has 3 nitrogen and oxygen atoms in total. The van der Waals surface area contributed by atoms with Gasteiger partial charge >= 0.3 is 0 Å². The zero-order valence-corrected chi connectivity index (χ0v) is 14.1. The number of hydrogen-bond acceptors (Lipinski definition) is 4. The topological polar surface area (TPSA) is 37.5 Å². The van der Waals surface area contributed by atoms with E-state index in [0.29, 0.717) is 15.4 Å². The van der Waals surface area contributed by atoms with Crippen molar-refractivity contribution in [2.75, 3.05) is 0 Å². The lowest BCUT2D eigenvalue weighted by Crippen LogP contribution is -2.00. The van der Waals surface area contributed by atoms with Gasteiger partial charge in [0.2, 0.25) is 5.88 Å². The Morgan fingerprint density at radius 3 is 2.39 bits per heavy atom. The third kappa shape index (κ3) is 3.94. The molecule has 23 heavy (non-hydrogen) atoms. The Kier molecular flexibility index (Phi) is 5.00. The standard InChI is InChI=1S/C18H16N2OS2/c21-17-16(13-19-15-9-5-2-6-10-15)23-18(22)20(17)12-11-14-7-3-1-4-8-14/h1-10,13,21H,11-12H2. The molecule has 0 atom stereocenters. The zero-order valence-electron chi connectivity index (χ0n) is 12.4. The normalized spacial score (nSPS) is 11.1. The fourth-order valence-electron chi connectivity index (χ4n) is 2.23. The van der Waals surface area contributed by atoms with Crippen LogP contribution in [0.25, 0.3) is 0 Å². The van der Waals surface area contributed by atoms with Crippen LogP contribution in [0.2, 0.25) is 0 Å². The molecule has 0 saturated heterocycles. The number of nitrogens with zero attached hydrogens (tertiary/aromatic N) is 2. The van der Waals surface area contributed by atoms with Gasteiger partial charge in [-0.2, -0.15) is 0 Å². The van der Waals surface area contributed by atoms with E-state index in [2.05, 4.69) is 17.1 Å². The number of aromatic nitrogens is 1. The van der Waals surface area contributed by atoms with E-state index in [1.807, 2.05) is 48.5 Å². The van der Waals surface area contributed by atoms with Crippen molar-refractivity contribution in [2.24, 2.45) is 4.99 Å². The molecule has 0 radical (unpaired) electrons. The molecule has 0 aliphatic heterocycles. The number of aliphatic imine (C=N–C) groups is 1. The number of aromatic hydroxyl groups is 1. The highest BCUT2D eigenvalue weighted by molar-refractivity contribution is 7.73. The van der Waals surface area contributed by atoms with Gasteiger partial charge in [0.25, 0.3) is 0 Å². The second kappa shape index (κ2) is 7.35. The van der Waals surface area contributed by atoms with Gasteiger partial charge in [0.1, 0.15) is 4.88 Å². The molecule has 0 aliphatic rings. The van der Waals surface area contributed by atoms with Gasteiger partial charge in [0, 0.05) is 6.54 Å². The summed E-state index contributed by atoms with van der Waals surface area (Å²) in [7, 11) is 0. The molecular formula is C18H16N2OS2. The van der Waals surface area contributed by atoms with E-state index >= 15 is 0 Å². The predicted molar refractivity (Wildman–Crippen MR) is 98.6 cm³/mol. The van der Waals surface area contributed by atoms with Crippen molar-refractivity contribution in [1.82, 2.24) is 4.57 Å². The van der Waals surface area contributed by atoms with Crippen LogP contribution in [0.4, 0.5) is 5.69 Å². The lowest BCUT2D eigenvalue weighted by Gasteiger charge is -2.04. The van der Waals surface area contributed by atoms with Crippen molar-refractivity contribution in [3.63, 3.8) is 0 Å². The molecule has 116 valence electrons. The van der Waals surface area contributed by atoms with Crippen molar-refractivity contribution in [3.05, 3.63) is 75.1 Å². The molecule has 0 unspecified atom stereocenters. The number of aryl methyl sites for hydroxylation is 1. The third-order valence-corrected chi connectivity index (χ3v) is 4.82. The lowest BCUT2D eigenvalue weighted by atomic mass is 10.1. The predicted octanol–water partition coefficient (Wildman–Crippen LogP) is 4.98. The summed E-state index contributed by atoms with van der Waals surface area (Å²) in [4.78, 5) is 5.06. The maximum Gasteiger partial charge on any atom is 0.212 e. The smallest absolute Gasteiger partial charge is 0.212 e. The molecule has 2 aromatic carbocycles. The van der Waals surface area contributed by atoms with E-state index in [4.69, 9.17) is 12.2 Å². The monoisotopic (exact) mass is 340 g/mol. The second-order valence-corrected chi connectivity index (χ2v) is 6.71. The lowest BCUT2D eigenvalue weighted by molar-refractivity contribution is 0.415. The van der Waals surface area contributed by atoms with Crippen LogP contribution in [0, 0.1) is 3.95 Å². The van der Waals surface area contributed by atoms with Crippen LogP contribution in [0.5, 0.6) is 5.88 Å². The summed E-state index contributed by atoms with van der Waals surface area (Å²) in [6, 6.07) is 19.8. The van der Waals surface area contributed by atoms with Crippen LogP contribution < -0.4 is 0 Å². The summed E-state index contributed by atoms with van der Waals surface area (Å²) in [6.45, 7) is 0.657. The summed E-state index contributed by atoms with van der Waals surface area (Å²) in [5.74, 6) is 0.190. The molecular weight excluding hydrogens is 324 g/mol. The maximum absolute atomic E-state index is 10.4. The van der Waals surface area contributed by atoms with Gasteiger partial charge in [-0.25, -0.2) is 0 Å². The molecule has 0 bridgehead atoms. The van der Waals surface area contributed by atoms with Gasteiger partial charge in [-0.1, -0.05) is 59.9 Å². The molecule has 1 N–H and O–H groups in total. The molecule has 1 aromatic heterocycles. The summed E-state index contributed by atoms with van der Waals surface area (Å²) >= 11 is 6.74. The minimum absolute atomic E-state index is 0.190. The van der Waals surface area contributed by atoms with Gasteiger partial charge < -0.3 is 5.11 Å². The van der Waals surface area contributed by atoms with Crippen molar-refractivity contribution in [2.45, 2.75) is 13.0 Å². The van der Waals surface area contributed by atoms with Crippen molar-refractivity contribution in [3.8, 4) is 5.88 Å². The van der Waals surface area contributed by atoms with Crippen LogP contribution >= 0.6 is 23.6 Å². The Morgan fingerprint density at radius 1 is 1.04 bits per heavy atom. The van der Waals surface area contributed by atoms with Crippen LogP contribution in [0.15, 0.2) is 65.7 Å². The Labute approximate surface area is 144 Å². The molecule has 0 aliphatic carbocycles. The number of benzene rings is 2. The Hall–Kier alpha value is -2.24. The van der Waals surface area contributed by atoms with Crippen LogP contribution in [0.3, 0.4) is 0 Å². The highest BCUT2D eigenvalue weighted by atomic mass is 32.1. The first-order chi connectivity index (χ1) is 11.2. The number of hydrogen-bond donors (Lipinski definition) is 1. The molecule has 0 amide bonds. The van der Waals surface area contributed by atoms with Crippen molar-refractivity contribution < 1.29 is 5.11 Å². The first-order valence-electron chi connectivity index (χ1n) is 7.29. The molecule has 3 rings (SSSR count). The minimum atomic E-state index is 0.190. The first kappa shape index (κ1) is 15.6. The van der Waals surface area contributed by atoms with E-state index < -0.39 is 0 Å². The number of rotatable bonds is 5. The van der Waals surface area contributed by atoms with E-state index in [1.165, 1.54) is 16.9 Å². The summed E-state index contributed by atoms with van der Waals surface area (Å²) in [5.41, 5.74) is 2.07. The van der Waals surface area contributed by atoms with Gasteiger partial charge in [0.15, 0.2) is 3.95 Å². The minimum Gasteiger partial charge on any atom is -0.493 e. The Balaban J connectivity index is 1.77. The van der Waals surface area contributed by atoms with E-state index in [9.17, 15) is 5.11 Å². The Morgan fingerprint density at radius 2 is 1.70 bits per heavy atom. The van der Waals surface area contributed by atoms with Gasteiger partial charge in [-0.3, -0.25) is 9.56 Å². The second-order valence-electron chi connectivity index (χ2n) is 5.04. The van der Waals surface area contributed by atoms with Gasteiger partial charge in [-0.15, -0.1) is 0 Å². The number of thiazole rings is 1. The maximum atomic E-state index is 10.4. The average Bonchev–Trinajstić information content (AvgIpc) is 2.87. The number of para-hydroxylation sites is 1. The molecule has 3 aromatic rings. The zero-order chi connectivity index (χ0) is 16.1. The van der Waals surface area contributed by atoms with Gasteiger partial charge in [0.05, 0.1) is 11.9 Å². The molecule has 0 spiro atoms. The molecule has 1 heterocycles. The first-order valence-corrected chi connectivity index (χ1v) is 8.52. The molecule has 0 fully saturated rings. The average molecular weight is 340 g/mol. The van der Waals surface area contributed by atoms with E-state index in [1.54, 1.807) is 10.8 Å². The van der Waals surface area contributed by atoms with Crippen LogP contribution in [-0.4, -0.2) is 15.9 Å². The summed E-state index contributed by atoms with van der Waals surface area (Å²) < 4.78 is 2.42. The van der Waals surface area contributed by atoms with E-state index in [-0.39, 0.29) is 5.88 Å². The van der Waals surface area contributed by atoms with Crippen molar-refractivity contribution in [1.29, 1.82) is 0 Å². The summed E-state index contributed by atoms with van der Waals surface area (Å²) in [6.07, 6.45) is 2.50. The largest absolute Gasteiger partial charge is 0.493 e.